The molecule has 1 unspecified atom stereocenters. The third kappa shape index (κ3) is 3.02. The molecule has 1 N–H and O–H groups in total. The fourth-order valence-electron chi connectivity index (χ4n) is 2.60. The Kier molecular flexibility index (Phi) is 3.91. The summed E-state index contributed by atoms with van der Waals surface area (Å²) in [6.45, 7) is 7.95. The lowest BCUT2D eigenvalue weighted by Crippen LogP contribution is -2.44. The van der Waals surface area contributed by atoms with E-state index in [1.807, 2.05) is 20.0 Å². The number of hydrogen-bond acceptors (Lipinski definition) is 3. The predicted molar refractivity (Wildman–Crippen MR) is 74.8 cm³/mol. The van der Waals surface area contributed by atoms with Crippen molar-refractivity contribution in [3.8, 4) is 0 Å². The molecular weight excluding hydrogens is 224 g/mol. The molecular formula is C15H24N2O. The van der Waals surface area contributed by atoms with E-state index < -0.39 is 5.60 Å². The van der Waals surface area contributed by atoms with Crippen molar-refractivity contribution in [1.29, 1.82) is 0 Å². The first-order valence-corrected chi connectivity index (χ1v) is 6.93. The van der Waals surface area contributed by atoms with Crippen LogP contribution in [0.15, 0.2) is 18.3 Å². The number of rotatable bonds is 3. The third-order valence-corrected chi connectivity index (χ3v) is 3.96. The maximum absolute atomic E-state index is 10.1. The molecule has 2 heterocycles. The smallest absolute Gasteiger partial charge is 0.0636 e. The first-order chi connectivity index (χ1) is 8.50. The lowest BCUT2D eigenvalue weighted by molar-refractivity contribution is 0.0110. The molecule has 1 aromatic rings. The van der Waals surface area contributed by atoms with E-state index in [-0.39, 0.29) is 0 Å². The topological polar surface area (TPSA) is 36.4 Å². The minimum absolute atomic E-state index is 0.345. The van der Waals surface area contributed by atoms with Gasteiger partial charge in [-0.1, -0.05) is 6.92 Å². The molecule has 0 spiro atoms. The first-order valence-electron chi connectivity index (χ1n) is 6.93. The zero-order valence-electron chi connectivity index (χ0n) is 11.7. The fourth-order valence-corrected chi connectivity index (χ4v) is 2.60. The Hall–Kier alpha value is -1.09. The van der Waals surface area contributed by atoms with E-state index in [2.05, 4.69) is 28.9 Å². The van der Waals surface area contributed by atoms with E-state index in [9.17, 15) is 5.11 Å². The number of pyridine rings is 1. The lowest BCUT2D eigenvalue weighted by Gasteiger charge is -2.39. The molecule has 0 aromatic carbocycles. The van der Waals surface area contributed by atoms with Gasteiger partial charge in [0, 0.05) is 24.7 Å². The molecule has 1 saturated heterocycles. The molecule has 0 radical (unpaired) electrons. The minimum Gasteiger partial charge on any atom is -0.390 e. The summed E-state index contributed by atoms with van der Waals surface area (Å²) in [5.74, 6) is 0.345. The van der Waals surface area contributed by atoms with Crippen molar-refractivity contribution >= 4 is 5.69 Å². The highest BCUT2D eigenvalue weighted by molar-refractivity contribution is 5.45. The van der Waals surface area contributed by atoms with E-state index in [0.29, 0.717) is 5.92 Å². The summed E-state index contributed by atoms with van der Waals surface area (Å²) in [7, 11) is 0. The van der Waals surface area contributed by atoms with Crippen molar-refractivity contribution in [2.75, 3.05) is 18.0 Å². The van der Waals surface area contributed by atoms with Crippen molar-refractivity contribution in [2.24, 2.45) is 5.92 Å². The molecule has 0 aliphatic carbocycles. The number of piperidine rings is 1. The van der Waals surface area contributed by atoms with E-state index in [1.165, 1.54) is 5.69 Å². The highest BCUT2D eigenvalue weighted by Crippen LogP contribution is 2.29. The Labute approximate surface area is 110 Å². The van der Waals surface area contributed by atoms with Gasteiger partial charge in [-0.15, -0.1) is 0 Å². The van der Waals surface area contributed by atoms with E-state index in [1.54, 1.807) is 0 Å². The van der Waals surface area contributed by atoms with Gasteiger partial charge in [-0.25, -0.2) is 0 Å². The molecule has 1 aromatic heterocycles. The molecule has 0 bridgehead atoms. The van der Waals surface area contributed by atoms with Crippen LogP contribution in [0.2, 0.25) is 0 Å². The Bertz CT molecular complexity index is 380. The van der Waals surface area contributed by atoms with Crippen molar-refractivity contribution < 1.29 is 5.11 Å². The Morgan fingerprint density at radius 1 is 1.44 bits per heavy atom. The average molecular weight is 248 g/mol. The van der Waals surface area contributed by atoms with Crippen molar-refractivity contribution in [1.82, 2.24) is 4.98 Å². The van der Waals surface area contributed by atoms with Gasteiger partial charge in [0.1, 0.15) is 0 Å². The Balaban J connectivity index is 2.08. The molecule has 1 aliphatic rings. The molecule has 0 saturated carbocycles. The summed E-state index contributed by atoms with van der Waals surface area (Å²) in [5, 5.41) is 10.1. The molecule has 100 valence electrons. The van der Waals surface area contributed by atoms with Gasteiger partial charge in [0.2, 0.25) is 0 Å². The normalized spacial score (nSPS) is 21.1. The highest BCUT2D eigenvalue weighted by atomic mass is 16.3. The van der Waals surface area contributed by atoms with Crippen LogP contribution < -0.4 is 4.90 Å². The van der Waals surface area contributed by atoms with Crippen LogP contribution in [0, 0.1) is 5.92 Å². The summed E-state index contributed by atoms with van der Waals surface area (Å²) in [5.41, 5.74) is 1.73. The van der Waals surface area contributed by atoms with E-state index in [0.717, 1.165) is 38.0 Å². The van der Waals surface area contributed by atoms with Crippen LogP contribution in [0.4, 0.5) is 5.69 Å². The van der Waals surface area contributed by atoms with Gasteiger partial charge in [-0.05, 0) is 45.2 Å². The summed E-state index contributed by atoms with van der Waals surface area (Å²) < 4.78 is 0. The highest BCUT2D eigenvalue weighted by Gasteiger charge is 2.31. The number of aliphatic hydroxyl groups is 1. The maximum Gasteiger partial charge on any atom is 0.0636 e. The molecule has 3 nitrogen and oxygen atoms in total. The van der Waals surface area contributed by atoms with Gasteiger partial charge in [-0.2, -0.15) is 0 Å². The number of aryl methyl sites for hydroxylation is 1. The van der Waals surface area contributed by atoms with Crippen LogP contribution >= 0.6 is 0 Å². The molecule has 2 rings (SSSR count). The largest absolute Gasteiger partial charge is 0.390 e. The van der Waals surface area contributed by atoms with Crippen LogP contribution in [0.5, 0.6) is 0 Å². The number of aromatic nitrogens is 1. The maximum atomic E-state index is 10.1. The molecule has 18 heavy (non-hydrogen) atoms. The van der Waals surface area contributed by atoms with Crippen molar-refractivity contribution in [3.05, 3.63) is 24.0 Å². The number of nitrogens with zero attached hydrogens (tertiary/aromatic N) is 2. The van der Waals surface area contributed by atoms with Crippen LogP contribution in [-0.4, -0.2) is 28.8 Å². The molecule has 3 heteroatoms. The zero-order chi connectivity index (χ0) is 13.2. The quantitative estimate of drug-likeness (QED) is 0.893. The van der Waals surface area contributed by atoms with Crippen molar-refractivity contribution in [3.63, 3.8) is 0 Å². The van der Waals surface area contributed by atoms with Crippen molar-refractivity contribution in [2.45, 2.75) is 45.6 Å². The average Bonchev–Trinajstić information content (AvgIpc) is 2.38. The molecule has 0 amide bonds. The van der Waals surface area contributed by atoms with Crippen LogP contribution in [0.3, 0.4) is 0 Å². The fraction of sp³-hybridized carbons (Fsp3) is 0.667. The number of anilines is 1. The van der Waals surface area contributed by atoms with Crippen LogP contribution in [0.1, 0.15) is 39.3 Å². The second kappa shape index (κ2) is 5.27. The monoisotopic (exact) mass is 248 g/mol. The predicted octanol–water partition coefficient (Wildman–Crippen LogP) is 2.63. The zero-order valence-corrected chi connectivity index (χ0v) is 11.7. The molecule has 1 fully saturated rings. The second-order valence-corrected chi connectivity index (χ2v) is 5.80. The summed E-state index contributed by atoms with van der Waals surface area (Å²) in [6.07, 6.45) is 5.20. The van der Waals surface area contributed by atoms with Gasteiger partial charge in [0.05, 0.1) is 17.5 Å². The van der Waals surface area contributed by atoms with Gasteiger partial charge >= 0.3 is 0 Å². The van der Waals surface area contributed by atoms with Crippen LogP contribution in [-0.2, 0) is 6.42 Å². The van der Waals surface area contributed by atoms with Gasteiger partial charge in [0.15, 0.2) is 0 Å². The summed E-state index contributed by atoms with van der Waals surface area (Å²) in [6, 6.07) is 4.25. The SMILES string of the molecule is CCc1ccc(N2CCCC(C(C)(C)O)C2)cn1. The van der Waals surface area contributed by atoms with Gasteiger partial charge in [-0.3, -0.25) is 4.98 Å². The third-order valence-electron chi connectivity index (χ3n) is 3.96. The molecule has 1 aliphatic heterocycles. The standard InChI is InChI=1S/C15H24N2O/c1-4-13-7-8-14(10-16-13)17-9-5-6-12(11-17)15(2,3)18/h7-8,10,12,18H,4-6,9,11H2,1-3H3. The summed E-state index contributed by atoms with van der Waals surface area (Å²) >= 11 is 0. The van der Waals surface area contributed by atoms with E-state index >= 15 is 0 Å². The minimum atomic E-state index is -0.588. The van der Waals surface area contributed by atoms with Crippen LogP contribution in [0.25, 0.3) is 0 Å². The molecule has 1 atom stereocenters. The first kappa shape index (κ1) is 13.3. The Morgan fingerprint density at radius 3 is 2.78 bits per heavy atom. The van der Waals surface area contributed by atoms with Gasteiger partial charge in [0.25, 0.3) is 0 Å². The van der Waals surface area contributed by atoms with Gasteiger partial charge < -0.3 is 10.0 Å². The van der Waals surface area contributed by atoms with E-state index in [4.69, 9.17) is 0 Å². The second-order valence-electron chi connectivity index (χ2n) is 5.80. The lowest BCUT2D eigenvalue weighted by atomic mass is 9.84. The summed E-state index contributed by atoms with van der Waals surface area (Å²) in [4.78, 5) is 6.80. The number of hydrogen-bond donors (Lipinski definition) is 1. The Morgan fingerprint density at radius 2 is 2.22 bits per heavy atom.